The molecule has 0 bridgehead atoms. The molecule has 2 aromatic carbocycles. The lowest BCUT2D eigenvalue weighted by atomic mass is 10.0. The number of ether oxygens (including phenoxy) is 1. The predicted molar refractivity (Wildman–Crippen MR) is 106 cm³/mol. The van der Waals surface area contributed by atoms with Crippen molar-refractivity contribution in [1.82, 2.24) is 0 Å². The highest BCUT2D eigenvalue weighted by atomic mass is 32.2. The van der Waals surface area contributed by atoms with Gasteiger partial charge < -0.3 is 4.74 Å². The number of hydrogen-bond acceptors (Lipinski definition) is 3. The quantitative estimate of drug-likeness (QED) is 0.418. The highest BCUT2D eigenvalue weighted by Gasteiger charge is 2.23. The van der Waals surface area contributed by atoms with Gasteiger partial charge in [0.1, 0.15) is 0 Å². The summed E-state index contributed by atoms with van der Waals surface area (Å²) in [5, 5.41) is 1.46. The Balaban J connectivity index is 2.13. The monoisotopic (exact) mass is 358 g/mol. The van der Waals surface area contributed by atoms with Crippen LogP contribution in [0.5, 0.6) is 0 Å². The normalized spacial score (nSPS) is 12.7. The zero-order chi connectivity index (χ0) is 17.6. The van der Waals surface area contributed by atoms with Gasteiger partial charge in [-0.15, -0.1) is 11.8 Å². The van der Waals surface area contributed by atoms with Crippen molar-refractivity contribution in [2.75, 3.05) is 12.9 Å². The molecule has 0 saturated heterocycles. The van der Waals surface area contributed by atoms with Crippen molar-refractivity contribution in [3.8, 4) is 0 Å². The van der Waals surface area contributed by atoms with E-state index in [4.69, 9.17) is 4.74 Å². The average Bonchev–Trinajstić information content (AvgIpc) is 2.58. The minimum Gasteiger partial charge on any atom is -0.469 e. The van der Waals surface area contributed by atoms with E-state index in [9.17, 15) is 4.79 Å². The molecule has 0 saturated carbocycles. The van der Waals surface area contributed by atoms with Crippen LogP contribution >= 0.6 is 11.8 Å². The van der Waals surface area contributed by atoms with Gasteiger partial charge in [-0.25, -0.2) is 0 Å². The first-order valence-electron chi connectivity index (χ1n) is 8.26. The van der Waals surface area contributed by atoms with Crippen LogP contribution in [-0.2, 0) is 16.0 Å². The molecule has 0 radical (unpaired) electrons. The fraction of sp³-hybridized carbons (Fsp3) is 0.350. The second-order valence-corrected chi connectivity index (χ2v) is 13.1. The molecule has 0 fully saturated rings. The van der Waals surface area contributed by atoms with Crippen LogP contribution in [0.4, 0.5) is 0 Å². The molecule has 0 heterocycles. The Morgan fingerprint density at radius 2 is 1.67 bits per heavy atom. The zero-order valence-corrected chi connectivity index (χ0v) is 16.7. The Hall–Kier alpha value is -1.52. The minimum atomic E-state index is -1.40. The van der Waals surface area contributed by atoms with Gasteiger partial charge in [0, 0.05) is 10.6 Å². The molecule has 0 aromatic heterocycles. The summed E-state index contributed by atoms with van der Waals surface area (Å²) in [6, 6.07) is 18.8. The van der Waals surface area contributed by atoms with E-state index in [0.29, 0.717) is 0 Å². The minimum absolute atomic E-state index is 0.128. The molecule has 0 spiro atoms. The summed E-state index contributed by atoms with van der Waals surface area (Å²) in [6.45, 7) is 7.07. The van der Waals surface area contributed by atoms with E-state index in [1.807, 2.05) is 18.2 Å². The van der Waals surface area contributed by atoms with Crippen molar-refractivity contribution >= 4 is 31.0 Å². The number of methoxy groups -OCH3 is 1. The van der Waals surface area contributed by atoms with E-state index in [2.05, 4.69) is 56.0 Å². The summed E-state index contributed by atoms with van der Waals surface area (Å²) in [7, 11) is 0.0767. The molecular weight excluding hydrogens is 332 g/mol. The number of hydrogen-bond donors (Lipinski definition) is 0. The molecule has 2 rings (SSSR count). The molecule has 0 unspecified atom stereocenters. The molecule has 4 heteroatoms. The van der Waals surface area contributed by atoms with E-state index < -0.39 is 8.07 Å². The Morgan fingerprint density at radius 1 is 1.04 bits per heavy atom. The lowest BCUT2D eigenvalue weighted by Crippen LogP contribution is -2.39. The second kappa shape index (κ2) is 8.54. The number of carbonyl (C=O) groups excluding carboxylic acids is 1. The Labute approximate surface area is 150 Å². The van der Waals surface area contributed by atoms with Gasteiger partial charge in [-0.05, 0) is 23.2 Å². The molecule has 24 heavy (non-hydrogen) atoms. The third-order valence-electron chi connectivity index (χ3n) is 3.99. The van der Waals surface area contributed by atoms with Crippen LogP contribution in [0.3, 0.4) is 0 Å². The molecule has 0 N–H and O–H groups in total. The first-order chi connectivity index (χ1) is 11.4. The third-order valence-corrected chi connectivity index (χ3v) is 7.46. The number of rotatable bonds is 7. The van der Waals surface area contributed by atoms with Crippen LogP contribution in [0.25, 0.3) is 0 Å². The molecule has 0 amide bonds. The van der Waals surface area contributed by atoms with Crippen LogP contribution in [0.15, 0.2) is 59.5 Å². The van der Waals surface area contributed by atoms with Gasteiger partial charge in [-0.1, -0.05) is 68.2 Å². The Kier molecular flexibility index (Phi) is 6.69. The van der Waals surface area contributed by atoms with Gasteiger partial charge >= 0.3 is 5.97 Å². The van der Waals surface area contributed by atoms with Crippen molar-refractivity contribution in [3.05, 3.63) is 60.2 Å². The smallest absolute Gasteiger partial charge is 0.309 e. The van der Waals surface area contributed by atoms with E-state index >= 15 is 0 Å². The molecule has 0 aliphatic carbocycles. The summed E-state index contributed by atoms with van der Waals surface area (Å²) in [5.74, 6) is 0.484. The SMILES string of the molecule is COC(=O)[C@@H](CSc1ccccc1[Si](C)(C)C)Cc1ccccc1. The first-order valence-corrected chi connectivity index (χ1v) is 12.7. The lowest BCUT2D eigenvalue weighted by molar-refractivity contribution is -0.144. The molecular formula is C20H26O2SSi. The fourth-order valence-corrected chi connectivity index (χ4v) is 6.26. The standard InChI is InChI=1S/C20H26O2SSi/c1-22-20(21)17(14-16-10-6-5-7-11-16)15-23-18-12-8-9-13-19(18)24(2,3)4/h5-13,17H,14-15H2,1-4H3/t17-/m1/s1. The van der Waals surface area contributed by atoms with Crippen LogP contribution in [0.1, 0.15) is 5.56 Å². The Bertz CT molecular complexity index is 665. The maximum Gasteiger partial charge on any atom is 0.309 e. The van der Waals surface area contributed by atoms with Gasteiger partial charge in [0.15, 0.2) is 0 Å². The number of carbonyl (C=O) groups is 1. The topological polar surface area (TPSA) is 26.3 Å². The maximum atomic E-state index is 12.2. The van der Waals surface area contributed by atoms with Gasteiger partial charge in [0.05, 0.1) is 21.1 Å². The van der Waals surface area contributed by atoms with Crippen molar-refractivity contribution in [1.29, 1.82) is 0 Å². The first kappa shape index (κ1) is 18.8. The summed E-state index contributed by atoms with van der Waals surface area (Å²) in [5.41, 5.74) is 1.17. The van der Waals surface area contributed by atoms with Crippen molar-refractivity contribution in [3.63, 3.8) is 0 Å². The van der Waals surface area contributed by atoms with Crippen LogP contribution in [-0.4, -0.2) is 26.9 Å². The number of thioether (sulfide) groups is 1. The van der Waals surface area contributed by atoms with E-state index in [1.165, 1.54) is 22.8 Å². The van der Waals surface area contributed by atoms with Crippen molar-refractivity contribution < 1.29 is 9.53 Å². The molecule has 2 nitrogen and oxygen atoms in total. The third kappa shape index (κ3) is 5.25. The van der Waals surface area contributed by atoms with Crippen molar-refractivity contribution in [2.24, 2.45) is 5.92 Å². The van der Waals surface area contributed by atoms with Gasteiger partial charge in [-0.2, -0.15) is 0 Å². The summed E-state index contributed by atoms with van der Waals surface area (Å²) in [4.78, 5) is 13.5. The highest BCUT2D eigenvalue weighted by Crippen LogP contribution is 2.24. The predicted octanol–water partition coefficient (Wildman–Crippen LogP) is 4.36. The van der Waals surface area contributed by atoms with E-state index in [1.54, 1.807) is 11.8 Å². The molecule has 128 valence electrons. The summed E-state index contributed by atoms with van der Waals surface area (Å²) < 4.78 is 5.03. The van der Waals surface area contributed by atoms with Crippen LogP contribution in [0, 0.1) is 5.92 Å². The summed E-state index contributed by atoms with van der Waals surface area (Å²) in [6.07, 6.45) is 0.718. The summed E-state index contributed by atoms with van der Waals surface area (Å²) >= 11 is 1.78. The van der Waals surface area contributed by atoms with Crippen molar-refractivity contribution in [2.45, 2.75) is 31.0 Å². The molecule has 0 aliphatic heterocycles. The fourth-order valence-electron chi connectivity index (χ4n) is 2.68. The van der Waals surface area contributed by atoms with E-state index in [0.717, 1.165) is 12.2 Å². The van der Waals surface area contributed by atoms with Crippen LogP contribution in [0.2, 0.25) is 19.6 Å². The van der Waals surface area contributed by atoms with Gasteiger partial charge in [0.25, 0.3) is 0 Å². The number of benzene rings is 2. The second-order valence-electron chi connectivity index (χ2n) is 6.97. The van der Waals surface area contributed by atoms with Gasteiger partial charge in [-0.3, -0.25) is 4.79 Å². The van der Waals surface area contributed by atoms with Gasteiger partial charge in [0.2, 0.25) is 0 Å². The molecule has 0 aliphatic rings. The van der Waals surface area contributed by atoms with E-state index in [-0.39, 0.29) is 11.9 Å². The largest absolute Gasteiger partial charge is 0.469 e. The maximum absolute atomic E-state index is 12.2. The van der Waals surface area contributed by atoms with Crippen LogP contribution < -0.4 is 5.19 Å². The average molecular weight is 359 g/mol. The highest BCUT2D eigenvalue weighted by molar-refractivity contribution is 7.99. The number of esters is 1. The lowest BCUT2D eigenvalue weighted by Gasteiger charge is -2.21. The molecule has 2 aromatic rings. The zero-order valence-electron chi connectivity index (χ0n) is 14.9. The molecule has 1 atom stereocenters. The Morgan fingerprint density at radius 3 is 2.29 bits per heavy atom.